The van der Waals surface area contributed by atoms with Crippen LogP contribution in [0.1, 0.15) is 43.1 Å². The molecule has 0 radical (unpaired) electrons. The summed E-state index contributed by atoms with van der Waals surface area (Å²) in [5.74, 6) is 0. The lowest BCUT2D eigenvalue weighted by molar-refractivity contribution is 0.753. The zero-order valence-corrected chi connectivity index (χ0v) is 21.1. The van der Waals surface area contributed by atoms with E-state index in [-0.39, 0.29) is 13.1 Å². The van der Waals surface area contributed by atoms with Crippen molar-refractivity contribution in [2.75, 3.05) is 0 Å². The second-order valence-electron chi connectivity index (χ2n) is 10.6. The van der Waals surface area contributed by atoms with Crippen LogP contribution in [0, 0.1) is 0 Å². The lowest BCUT2D eigenvalue weighted by Crippen LogP contribution is -2.18. The lowest BCUT2D eigenvalue weighted by Gasteiger charge is -2.38. The molecule has 168 valence electrons. The Kier molecular flexibility index (Phi) is 5.31. The maximum Gasteiger partial charge on any atom is 0.00962 e. The van der Waals surface area contributed by atoms with E-state index in [9.17, 15) is 0 Å². The number of fused-ring (bicyclic) bond motifs is 7. The van der Waals surface area contributed by atoms with Crippen LogP contribution in [0.25, 0.3) is 32.7 Å². The van der Waals surface area contributed by atoms with Gasteiger partial charge in [0.05, 0.1) is 0 Å². The van der Waals surface area contributed by atoms with Crippen molar-refractivity contribution in [3.05, 3.63) is 120 Å². The van der Waals surface area contributed by atoms with Crippen LogP contribution in [-0.2, 0) is 12.6 Å². The van der Waals surface area contributed by atoms with Crippen molar-refractivity contribution in [2.24, 2.45) is 0 Å². The van der Waals surface area contributed by atoms with Crippen molar-refractivity contribution >= 4 is 29.5 Å². The molecule has 0 aromatic heterocycles. The van der Waals surface area contributed by atoms with Crippen LogP contribution in [-0.4, -0.2) is 5.16 Å². The average Bonchev–Trinajstić information content (AvgIpc) is 3.00. The first-order valence-electron chi connectivity index (χ1n) is 12.3. The molecule has 0 amide bonds. The molecule has 0 saturated heterocycles. The van der Waals surface area contributed by atoms with Gasteiger partial charge < -0.3 is 0 Å². The van der Waals surface area contributed by atoms with Crippen LogP contribution in [0.4, 0.5) is 0 Å². The van der Waals surface area contributed by atoms with Gasteiger partial charge in [0.1, 0.15) is 0 Å². The Bertz CT molecular complexity index is 1490. The fourth-order valence-electron chi connectivity index (χ4n) is 5.81. The van der Waals surface area contributed by atoms with Crippen LogP contribution in [0.2, 0.25) is 0 Å². The van der Waals surface area contributed by atoms with Gasteiger partial charge in [-0.15, -0.1) is 0 Å². The molecule has 6 rings (SSSR count). The van der Waals surface area contributed by atoms with E-state index in [0.717, 1.165) is 6.42 Å². The van der Waals surface area contributed by atoms with Gasteiger partial charge in [-0.3, -0.25) is 0 Å². The highest BCUT2D eigenvalue weighted by molar-refractivity contribution is 7.58. The van der Waals surface area contributed by atoms with E-state index in [0.29, 0.717) is 5.66 Å². The zero-order valence-electron chi connectivity index (χ0n) is 20.3. The first-order chi connectivity index (χ1) is 16.5. The quantitative estimate of drug-likeness (QED) is 0.231. The second-order valence-corrected chi connectivity index (χ2v) is 13.8. The van der Waals surface area contributed by atoms with Crippen LogP contribution >= 0.6 is 7.92 Å². The number of hydrogen-bond acceptors (Lipinski definition) is 0. The molecule has 0 saturated carbocycles. The van der Waals surface area contributed by atoms with Crippen molar-refractivity contribution < 1.29 is 0 Å². The van der Waals surface area contributed by atoms with Gasteiger partial charge in [0.25, 0.3) is 0 Å². The molecule has 2 atom stereocenters. The van der Waals surface area contributed by atoms with Gasteiger partial charge >= 0.3 is 0 Å². The first kappa shape index (κ1) is 21.6. The Balaban J connectivity index is 1.72. The molecule has 0 unspecified atom stereocenters. The van der Waals surface area contributed by atoms with Crippen molar-refractivity contribution in [3.8, 4) is 11.1 Å². The molecule has 1 aliphatic rings. The third-order valence-corrected chi connectivity index (χ3v) is 11.1. The molecular formula is C33H31P. The second kappa shape index (κ2) is 8.37. The van der Waals surface area contributed by atoms with Gasteiger partial charge in [-0.05, 0) is 67.1 Å². The van der Waals surface area contributed by atoms with Gasteiger partial charge in [-0.25, -0.2) is 0 Å². The topological polar surface area (TPSA) is 0 Å². The molecule has 0 N–H and O–H groups in total. The first-order valence-corrected chi connectivity index (χ1v) is 13.9. The lowest BCUT2D eigenvalue weighted by atomic mass is 9.86. The minimum Gasteiger partial charge on any atom is -0.0886 e. The van der Waals surface area contributed by atoms with Crippen LogP contribution in [0.15, 0.2) is 103 Å². The van der Waals surface area contributed by atoms with Gasteiger partial charge in [-0.2, -0.15) is 0 Å². The summed E-state index contributed by atoms with van der Waals surface area (Å²) in [7, 11) is -0.310. The van der Waals surface area contributed by atoms with Crippen LogP contribution < -0.4 is 0 Å². The third kappa shape index (κ3) is 3.66. The van der Waals surface area contributed by atoms with E-state index < -0.39 is 0 Å². The SMILES string of the molecule is CC(C)(C)[P@]1Cc2ccc3ccccc3c2-c2c(ccc3ccccc23)[C@@H]1Cc1ccccc1. The molecule has 0 bridgehead atoms. The summed E-state index contributed by atoms with van der Waals surface area (Å²) >= 11 is 0. The van der Waals surface area contributed by atoms with Crippen LogP contribution in [0.3, 0.4) is 0 Å². The molecule has 1 heteroatoms. The highest BCUT2D eigenvalue weighted by Gasteiger charge is 2.37. The molecule has 0 spiro atoms. The van der Waals surface area contributed by atoms with E-state index in [2.05, 4.69) is 124 Å². The summed E-state index contributed by atoms with van der Waals surface area (Å²) in [6.45, 7) is 7.39. The van der Waals surface area contributed by atoms with Crippen LogP contribution in [0.5, 0.6) is 0 Å². The summed E-state index contributed by atoms with van der Waals surface area (Å²) in [6.07, 6.45) is 2.26. The van der Waals surface area contributed by atoms with Gasteiger partial charge in [0.15, 0.2) is 0 Å². The minimum absolute atomic E-state index is 0.255. The largest absolute Gasteiger partial charge is 0.0886 e. The molecule has 5 aromatic rings. The van der Waals surface area contributed by atoms with Crippen molar-refractivity contribution in [1.82, 2.24) is 0 Å². The third-order valence-electron chi connectivity index (χ3n) is 7.44. The fraction of sp³-hybridized carbons (Fsp3) is 0.212. The Hall–Kier alpha value is -2.95. The summed E-state index contributed by atoms with van der Waals surface area (Å²) in [4.78, 5) is 0. The standard InChI is InChI=1S/C33H31P/c1-33(2,3)34-22-26-18-17-24-13-7-9-15-27(24)31(26)32-28-16-10-8-14-25(28)19-20-29(32)30(34)21-23-11-5-4-6-12-23/h4-20,30H,21-22H2,1-3H3/t30-,34+/m0/s1. The van der Waals surface area contributed by atoms with Crippen molar-refractivity contribution in [3.63, 3.8) is 0 Å². The Labute approximate surface area is 204 Å². The zero-order chi connectivity index (χ0) is 23.3. The molecule has 5 aromatic carbocycles. The van der Waals surface area contributed by atoms with E-state index in [4.69, 9.17) is 0 Å². The predicted molar refractivity (Wildman–Crippen MR) is 150 cm³/mol. The molecule has 0 aliphatic carbocycles. The Morgan fingerprint density at radius 2 is 1.24 bits per heavy atom. The maximum atomic E-state index is 2.46. The summed E-state index contributed by atoms with van der Waals surface area (Å²) < 4.78 is 0. The van der Waals surface area contributed by atoms with Crippen molar-refractivity contribution in [1.29, 1.82) is 0 Å². The highest BCUT2D eigenvalue weighted by atomic mass is 31.1. The van der Waals surface area contributed by atoms with E-state index in [1.165, 1.54) is 50.0 Å². The van der Waals surface area contributed by atoms with E-state index >= 15 is 0 Å². The molecule has 1 heterocycles. The summed E-state index contributed by atoms with van der Waals surface area (Å²) in [5, 5.41) is 5.70. The number of rotatable bonds is 2. The smallest absolute Gasteiger partial charge is 0.00962 e. The maximum absolute atomic E-state index is 2.46. The monoisotopic (exact) mass is 458 g/mol. The van der Waals surface area contributed by atoms with Gasteiger partial charge in [0.2, 0.25) is 0 Å². The highest BCUT2D eigenvalue weighted by Crippen LogP contribution is 2.67. The van der Waals surface area contributed by atoms with Crippen molar-refractivity contribution in [2.45, 2.75) is 44.2 Å². The summed E-state index contributed by atoms with van der Waals surface area (Å²) in [6, 6.07) is 38.6. The Morgan fingerprint density at radius 3 is 1.91 bits per heavy atom. The fourth-order valence-corrected chi connectivity index (χ4v) is 9.06. The average molecular weight is 459 g/mol. The molecular weight excluding hydrogens is 427 g/mol. The van der Waals surface area contributed by atoms with Gasteiger partial charge in [-0.1, -0.05) is 132 Å². The Morgan fingerprint density at radius 1 is 0.647 bits per heavy atom. The molecule has 34 heavy (non-hydrogen) atoms. The summed E-state index contributed by atoms with van der Waals surface area (Å²) in [5.41, 5.74) is 7.96. The van der Waals surface area contributed by atoms with Gasteiger partial charge in [0, 0.05) is 5.66 Å². The number of hydrogen-bond donors (Lipinski definition) is 0. The molecule has 0 fully saturated rings. The number of benzene rings is 5. The molecule has 1 aliphatic heterocycles. The molecule has 0 nitrogen and oxygen atoms in total. The van der Waals surface area contributed by atoms with E-state index in [1.54, 1.807) is 5.56 Å². The normalized spacial score (nSPS) is 17.9. The predicted octanol–water partition coefficient (Wildman–Crippen LogP) is 9.74. The minimum atomic E-state index is -0.310. The van der Waals surface area contributed by atoms with E-state index in [1.807, 2.05) is 0 Å².